The minimum absolute atomic E-state index is 0.0689. The first-order valence-electron chi connectivity index (χ1n) is 5.88. The molecule has 1 aromatic heterocycles. The molecule has 20 heavy (non-hydrogen) atoms. The molecule has 0 bridgehead atoms. The highest BCUT2D eigenvalue weighted by Gasteiger charge is 2.09. The second-order valence-corrected chi connectivity index (χ2v) is 5.73. The number of rotatable bonds is 4. The number of nitriles is 1. The molecule has 2 rings (SSSR count). The minimum atomic E-state index is -0.388. The Bertz CT molecular complexity index is 671. The topological polar surface area (TPSA) is 52.9 Å². The molecule has 1 heterocycles. The van der Waals surface area contributed by atoms with Gasteiger partial charge in [0, 0.05) is 11.4 Å². The van der Waals surface area contributed by atoms with Crippen molar-refractivity contribution in [2.24, 2.45) is 0 Å². The van der Waals surface area contributed by atoms with Crippen molar-refractivity contribution >= 4 is 34.9 Å². The van der Waals surface area contributed by atoms with Crippen LogP contribution in [0, 0.1) is 11.3 Å². The molecular formula is C15H11ClN2OS. The maximum absolute atomic E-state index is 11.9. The van der Waals surface area contributed by atoms with Crippen LogP contribution in [0.4, 0.5) is 0 Å². The van der Waals surface area contributed by atoms with Crippen molar-refractivity contribution in [2.75, 3.05) is 0 Å². The van der Waals surface area contributed by atoms with Crippen LogP contribution < -0.4 is 5.32 Å². The number of hydrogen-bond donors (Lipinski definition) is 1. The molecule has 1 amide bonds. The third-order valence-electron chi connectivity index (χ3n) is 2.54. The standard InChI is InChI=1S/C15H11ClN2OS/c16-14-7-6-13(20-14)8-12(9-17)15(19)18-10-11-4-2-1-3-5-11/h1-8H,10H2,(H,18,19)/b12-8+. The SMILES string of the molecule is N#C/C(=C\c1ccc(Cl)s1)C(=O)NCc1ccccc1. The van der Waals surface area contributed by atoms with Crippen molar-refractivity contribution < 1.29 is 4.79 Å². The lowest BCUT2D eigenvalue weighted by Crippen LogP contribution is -2.23. The van der Waals surface area contributed by atoms with Crippen LogP contribution in [0.15, 0.2) is 48.0 Å². The molecule has 5 heteroatoms. The van der Waals surface area contributed by atoms with Crippen molar-refractivity contribution in [3.63, 3.8) is 0 Å². The van der Waals surface area contributed by atoms with Gasteiger partial charge in [-0.15, -0.1) is 11.3 Å². The van der Waals surface area contributed by atoms with E-state index in [0.717, 1.165) is 10.4 Å². The van der Waals surface area contributed by atoms with Gasteiger partial charge in [0.1, 0.15) is 11.6 Å². The number of carbonyl (C=O) groups is 1. The summed E-state index contributed by atoms with van der Waals surface area (Å²) >= 11 is 7.13. The average Bonchev–Trinajstić information content (AvgIpc) is 2.88. The van der Waals surface area contributed by atoms with Crippen LogP contribution in [0.3, 0.4) is 0 Å². The zero-order valence-electron chi connectivity index (χ0n) is 10.5. The summed E-state index contributed by atoms with van der Waals surface area (Å²) in [4.78, 5) is 12.7. The Morgan fingerprint density at radius 1 is 1.30 bits per heavy atom. The number of benzene rings is 1. The number of nitrogens with one attached hydrogen (secondary N) is 1. The molecule has 100 valence electrons. The van der Waals surface area contributed by atoms with E-state index in [4.69, 9.17) is 16.9 Å². The summed E-state index contributed by atoms with van der Waals surface area (Å²) in [6.07, 6.45) is 1.54. The van der Waals surface area contributed by atoms with E-state index < -0.39 is 0 Å². The maximum atomic E-state index is 11.9. The van der Waals surface area contributed by atoms with Crippen LogP contribution in [0.5, 0.6) is 0 Å². The van der Waals surface area contributed by atoms with E-state index in [1.807, 2.05) is 36.4 Å². The Morgan fingerprint density at radius 3 is 2.65 bits per heavy atom. The molecular weight excluding hydrogens is 292 g/mol. The summed E-state index contributed by atoms with van der Waals surface area (Å²) in [6, 6.07) is 14.9. The molecule has 0 unspecified atom stereocenters. The van der Waals surface area contributed by atoms with Gasteiger partial charge in [-0.05, 0) is 23.8 Å². The zero-order valence-corrected chi connectivity index (χ0v) is 12.0. The summed E-state index contributed by atoms with van der Waals surface area (Å²) in [5.74, 6) is -0.388. The predicted octanol–water partition coefficient (Wildman–Crippen LogP) is 3.62. The first-order chi connectivity index (χ1) is 9.69. The molecule has 3 nitrogen and oxygen atoms in total. The van der Waals surface area contributed by atoms with E-state index >= 15 is 0 Å². The molecule has 0 aliphatic heterocycles. The van der Waals surface area contributed by atoms with E-state index in [9.17, 15) is 4.79 Å². The number of nitrogens with zero attached hydrogens (tertiary/aromatic N) is 1. The quantitative estimate of drug-likeness (QED) is 0.692. The smallest absolute Gasteiger partial charge is 0.262 e. The van der Waals surface area contributed by atoms with Crippen molar-refractivity contribution in [1.82, 2.24) is 5.32 Å². The number of thiophene rings is 1. The van der Waals surface area contributed by atoms with E-state index in [0.29, 0.717) is 10.9 Å². The van der Waals surface area contributed by atoms with Crippen LogP contribution in [-0.2, 0) is 11.3 Å². The van der Waals surface area contributed by atoms with Crippen LogP contribution >= 0.6 is 22.9 Å². The average molecular weight is 303 g/mol. The summed E-state index contributed by atoms with van der Waals surface area (Å²) in [5.41, 5.74) is 1.05. The van der Waals surface area contributed by atoms with Crippen LogP contribution in [-0.4, -0.2) is 5.91 Å². The first-order valence-corrected chi connectivity index (χ1v) is 7.08. The Labute approximate surface area is 126 Å². The van der Waals surface area contributed by atoms with Crippen molar-refractivity contribution in [2.45, 2.75) is 6.54 Å². The Balaban J connectivity index is 2.03. The molecule has 0 radical (unpaired) electrons. The molecule has 0 atom stereocenters. The first kappa shape index (κ1) is 14.3. The van der Waals surface area contributed by atoms with Gasteiger partial charge in [0.2, 0.25) is 0 Å². The molecule has 1 N–H and O–H groups in total. The fourth-order valence-corrected chi connectivity index (χ4v) is 2.57. The summed E-state index contributed by atoms with van der Waals surface area (Å²) in [7, 11) is 0. The lowest BCUT2D eigenvalue weighted by molar-refractivity contribution is -0.117. The van der Waals surface area contributed by atoms with E-state index in [2.05, 4.69) is 5.32 Å². The van der Waals surface area contributed by atoms with Crippen LogP contribution in [0.2, 0.25) is 4.34 Å². The van der Waals surface area contributed by atoms with E-state index in [1.165, 1.54) is 17.4 Å². The van der Waals surface area contributed by atoms with Gasteiger partial charge >= 0.3 is 0 Å². The van der Waals surface area contributed by atoms with E-state index in [-0.39, 0.29) is 11.5 Å². The Kier molecular flexibility index (Phi) is 4.94. The molecule has 1 aromatic carbocycles. The molecule has 0 saturated carbocycles. The summed E-state index contributed by atoms with van der Waals surface area (Å²) < 4.78 is 0.623. The third kappa shape index (κ3) is 3.95. The van der Waals surface area contributed by atoms with Gasteiger partial charge in [-0.1, -0.05) is 41.9 Å². The van der Waals surface area contributed by atoms with Crippen molar-refractivity contribution in [3.05, 3.63) is 62.8 Å². The molecule has 2 aromatic rings. The molecule has 0 spiro atoms. The fraction of sp³-hybridized carbons (Fsp3) is 0.0667. The van der Waals surface area contributed by atoms with Gasteiger partial charge in [-0.2, -0.15) is 5.26 Å². The highest BCUT2D eigenvalue weighted by Crippen LogP contribution is 2.23. The Morgan fingerprint density at radius 2 is 2.05 bits per heavy atom. The van der Waals surface area contributed by atoms with Gasteiger partial charge in [0.25, 0.3) is 5.91 Å². The van der Waals surface area contributed by atoms with Crippen LogP contribution in [0.25, 0.3) is 6.08 Å². The van der Waals surface area contributed by atoms with Gasteiger partial charge in [0.05, 0.1) is 4.34 Å². The van der Waals surface area contributed by atoms with Gasteiger partial charge in [-0.25, -0.2) is 0 Å². The summed E-state index contributed by atoms with van der Waals surface area (Å²) in [6.45, 7) is 0.393. The number of amides is 1. The van der Waals surface area contributed by atoms with Crippen molar-refractivity contribution in [1.29, 1.82) is 5.26 Å². The second kappa shape index (κ2) is 6.90. The number of hydrogen-bond acceptors (Lipinski definition) is 3. The van der Waals surface area contributed by atoms with Gasteiger partial charge < -0.3 is 5.32 Å². The summed E-state index contributed by atoms with van der Waals surface area (Å²) in [5, 5.41) is 11.8. The highest BCUT2D eigenvalue weighted by atomic mass is 35.5. The second-order valence-electron chi connectivity index (χ2n) is 3.98. The minimum Gasteiger partial charge on any atom is -0.347 e. The molecule has 0 aliphatic carbocycles. The van der Waals surface area contributed by atoms with Gasteiger partial charge in [-0.3, -0.25) is 4.79 Å². The lowest BCUT2D eigenvalue weighted by atomic mass is 10.2. The number of carbonyl (C=O) groups excluding carboxylic acids is 1. The van der Waals surface area contributed by atoms with Gasteiger partial charge in [0.15, 0.2) is 0 Å². The maximum Gasteiger partial charge on any atom is 0.262 e. The normalized spacial score (nSPS) is 10.9. The predicted molar refractivity (Wildman–Crippen MR) is 81.2 cm³/mol. The lowest BCUT2D eigenvalue weighted by Gasteiger charge is -2.03. The fourth-order valence-electron chi connectivity index (χ4n) is 1.57. The third-order valence-corrected chi connectivity index (χ3v) is 3.72. The molecule has 0 fully saturated rings. The van der Waals surface area contributed by atoms with Crippen molar-refractivity contribution in [3.8, 4) is 6.07 Å². The monoisotopic (exact) mass is 302 g/mol. The zero-order chi connectivity index (χ0) is 14.4. The highest BCUT2D eigenvalue weighted by molar-refractivity contribution is 7.17. The molecule has 0 aliphatic rings. The Hall–Kier alpha value is -2.09. The number of halogens is 1. The van der Waals surface area contributed by atoms with E-state index in [1.54, 1.807) is 12.1 Å². The van der Waals surface area contributed by atoms with Crippen LogP contribution in [0.1, 0.15) is 10.4 Å². The largest absolute Gasteiger partial charge is 0.347 e. The molecule has 0 saturated heterocycles.